The first-order valence-corrected chi connectivity index (χ1v) is 10.5. The number of aryl methyl sites for hydroxylation is 2. The number of nitrogens with zero attached hydrogens (tertiary/aromatic N) is 4. The molecule has 4 heterocycles. The fourth-order valence-electron chi connectivity index (χ4n) is 4.47. The molecule has 0 atom stereocenters. The lowest BCUT2D eigenvalue weighted by Crippen LogP contribution is -3.00. The summed E-state index contributed by atoms with van der Waals surface area (Å²) < 4.78 is 8.70. The molecule has 6 aromatic rings. The third-order valence-corrected chi connectivity index (χ3v) is 6.24. The molecule has 0 amide bonds. The van der Waals surface area contributed by atoms with Crippen molar-refractivity contribution in [1.82, 2.24) is 9.35 Å². The van der Waals surface area contributed by atoms with Gasteiger partial charge in [0.25, 0.3) is 0 Å². The highest BCUT2D eigenvalue weighted by Crippen LogP contribution is 2.35. The van der Waals surface area contributed by atoms with Gasteiger partial charge in [-0.05, 0) is 36.4 Å². The lowest BCUT2D eigenvalue weighted by Gasteiger charge is -2.11. The zero-order valence-electron chi connectivity index (χ0n) is 17.2. The number of fused-ring (bicyclic) bond motifs is 6. The number of benzene rings is 2. The van der Waals surface area contributed by atoms with Gasteiger partial charge in [0.05, 0.1) is 11.0 Å². The summed E-state index contributed by atoms with van der Waals surface area (Å²) in [4.78, 5) is 0. The summed E-state index contributed by atoms with van der Waals surface area (Å²) in [5, 5.41) is 6.04. The highest BCUT2D eigenvalue weighted by Gasteiger charge is 2.21. The van der Waals surface area contributed by atoms with Gasteiger partial charge in [-0.3, -0.25) is 0 Å². The zero-order valence-corrected chi connectivity index (χ0v) is 23.1. The fraction of sp³-hybridized carbons (Fsp3) is 0.0833. The van der Waals surface area contributed by atoms with Gasteiger partial charge in [0.1, 0.15) is 25.1 Å². The molecule has 8 heteroatoms. The minimum absolute atomic E-state index is 0. The van der Waals surface area contributed by atoms with E-state index in [1.807, 2.05) is 38.4 Å². The molecule has 0 saturated carbocycles. The minimum atomic E-state index is 0. The summed E-state index contributed by atoms with van der Waals surface area (Å²) in [6.45, 7) is 0. The number of hydrogen-bond acceptors (Lipinski definition) is 0. The van der Waals surface area contributed by atoms with Gasteiger partial charge < -0.3 is 48.0 Å². The van der Waals surface area contributed by atoms with Crippen molar-refractivity contribution in [2.75, 3.05) is 0 Å². The zero-order chi connectivity index (χ0) is 20.6. The van der Waals surface area contributed by atoms with Crippen LogP contribution >= 0.6 is 23.2 Å². The van der Waals surface area contributed by atoms with Crippen LogP contribution in [0.1, 0.15) is 0 Å². The number of aromatic nitrogens is 4. The van der Waals surface area contributed by atoms with E-state index in [0.29, 0.717) is 0 Å². The molecule has 0 aliphatic heterocycles. The summed E-state index contributed by atoms with van der Waals surface area (Å²) in [6.07, 6.45) is 8.44. The molecule has 2 aromatic carbocycles. The monoisotopic (exact) mass is 686 g/mol. The van der Waals surface area contributed by atoms with Crippen molar-refractivity contribution in [2.45, 2.75) is 0 Å². The van der Waals surface area contributed by atoms with E-state index < -0.39 is 0 Å². The quantitative estimate of drug-likeness (QED) is 0.159. The Morgan fingerprint density at radius 2 is 0.969 bits per heavy atom. The van der Waals surface area contributed by atoms with Crippen LogP contribution in [0, 0.1) is 0 Å². The lowest BCUT2D eigenvalue weighted by atomic mass is 10.2. The summed E-state index contributed by atoms with van der Waals surface area (Å²) in [6, 6.07) is 16.5. The van der Waals surface area contributed by atoms with E-state index >= 15 is 0 Å². The molecule has 4 aromatic heterocycles. The first-order chi connectivity index (χ1) is 14.5. The fourth-order valence-corrected chi connectivity index (χ4v) is 4.81. The summed E-state index contributed by atoms with van der Waals surface area (Å²) in [5.74, 6) is 0. The van der Waals surface area contributed by atoms with Gasteiger partial charge >= 0.3 is 0 Å². The standard InChI is InChI=1S/C24H18Cl2N4.2HI/c1-27-9-7-17-19-11-15(25)3-5-21(19)29(23(17)13-27)30-22-6-4-16(26)12-20(22)18-8-10-28(2)14-24(18)30;;/h3-14H,1-2H3;2*1H/q+2;;/p-2. The van der Waals surface area contributed by atoms with Gasteiger partial charge in [0.2, 0.25) is 0 Å². The maximum atomic E-state index is 6.37. The Morgan fingerprint density at radius 1 is 0.562 bits per heavy atom. The molecule has 32 heavy (non-hydrogen) atoms. The Hall–Kier alpha value is -1.62. The average Bonchev–Trinajstić information content (AvgIpc) is 3.18. The first kappa shape index (κ1) is 23.5. The van der Waals surface area contributed by atoms with E-state index in [1.165, 1.54) is 0 Å². The first-order valence-electron chi connectivity index (χ1n) is 9.70. The predicted octanol–water partition coefficient (Wildman–Crippen LogP) is -0.822. The molecule has 0 N–H and O–H groups in total. The van der Waals surface area contributed by atoms with Crippen molar-refractivity contribution in [3.05, 3.63) is 83.4 Å². The Labute approximate surface area is 229 Å². The van der Waals surface area contributed by atoms with Gasteiger partial charge in [0.15, 0.2) is 24.8 Å². The van der Waals surface area contributed by atoms with Crippen LogP contribution in [-0.4, -0.2) is 9.35 Å². The van der Waals surface area contributed by atoms with Crippen molar-refractivity contribution in [3.63, 3.8) is 0 Å². The predicted molar refractivity (Wildman–Crippen MR) is 122 cm³/mol. The molecule has 0 aliphatic carbocycles. The van der Waals surface area contributed by atoms with Crippen molar-refractivity contribution >= 4 is 66.8 Å². The normalized spacial score (nSPS) is 11.2. The van der Waals surface area contributed by atoms with E-state index in [-0.39, 0.29) is 48.0 Å². The highest BCUT2D eigenvalue weighted by molar-refractivity contribution is 6.32. The third kappa shape index (κ3) is 3.46. The molecule has 0 radical (unpaired) electrons. The molecule has 0 saturated heterocycles. The van der Waals surface area contributed by atoms with Crippen LogP contribution in [0.15, 0.2) is 73.3 Å². The SMILES string of the molecule is C[n+]1ccc2c3cc(Cl)ccc3n(-n3c4ccc(Cl)cc4c4cc[n+](C)cc43)c2c1.[I-].[I-]. The van der Waals surface area contributed by atoms with Crippen molar-refractivity contribution < 1.29 is 57.1 Å². The molecular formula is C24H18Cl2I2N4. The Bertz CT molecular complexity index is 1530. The molecule has 4 nitrogen and oxygen atoms in total. The minimum Gasteiger partial charge on any atom is -1.00 e. The number of hydrogen-bond donors (Lipinski definition) is 0. The van der Waals surface area contributed by atoms with Crippen LogP contribution in [0.25, 0.3) is 43.6 Å². The molecule has 0 aliphatic rings. The molecule has 162 valence electrons. The highest BCUT2D eigenvalue weighted by atomic mass is 127. The molecule has 0 bridgehead atoms. The molecule has 6 rings (SSSR count). The summed E-state index contributed by atoms with van der Waals surface area (Å²) >= 11 is 12.7. The Kier molecular flexibility index (Phi) is 6.34. The summed E-state index contributed by atoms with van der Waals surface area (Å²) in [5.41, 5.74) is 4.41. The van der Waals surface area contributed by atoms with E-state index in [9.17, 15) is 0 Å². The number of halogens is 4. The van der Waals surface area contributed by atoms with E-state index in [4.69, 9.17) is 23.2 Å². The Morgan fingerprint density at radius 3 is 1.38 bits per heavy atom. The number of pyridine rings is 2. The second-order valence-electron chi connectivity index (χ2n) is 7.76. The largest absolute Gasteiger partial charge is 1.00 e. The lowest BCUT2D eigenvalue weighted by molar-refractivity contribution is -0.670. The second-order valence-corrected chi connectivity index (χ2v) is 8.64. The van der Waals surface area contributed by atoms with Crippen LogP contribution in [0.5, 0.6) is 0 Å². The van der Waals surface area contributed by atoms with Crippen LogP contribution in [-0.2, 0) is 14.1 Å². The van der Waals surface area contributed by atoms with Crippen LogP contribution in [0.4, 0.5) is 0 Å². The molecular weight excluding hydrogens is 669 g/mol. The molecule has 0 spiro atoms. The topological polar surface area (TPSA) is 17.6 Å². The molecule has 0 unspecified atom stereocenters. The van der Waals surface area contributed by atoms with Gasteiger partial charge in [-0.2, -0.15) is 0 Å². The van der Waals surface area contributed by atoms with Crippen LogP contribution in [0.2, 0.25) is 10.0 Å². The Balaban J connectivity index is 0.00000122. The number of rotatable bonds is 1. The second kappa shape index (κ2) is 8.62. The summed E-state index contributed by atoms with van der Waals surface area (Å²) in [7, 11) is 4.08. The van der Waals surface area contributed by atoms with Crippen molar-refractivity contribution in [1.29, 1.82) is 0 Å². The average molecular weight is 687 g/mol. The van der Waals surface area contributed by atoms with Crippen molar-refractivity contribution in [2.24, 2.45) is 14.1 Å². The van der Waals surface area contributed by atoms with Gasteiger partial charge in [-0.25, -0.2) is 18.5 Å². The van der Waals surface area contributed by atoms with Crippen LogP contribution in [0.3, 0.4) is 0 Å². The molecule has 0 fully saturated rings. The van der Waals surface area contributed by atoms with Crippen molar-refractivity contribution in [3.8, 4) is 0 Å². The van der Waals surface area contributed by atoms with Gasteiger partial charge in [-0.15, -0.1) is 0 Å². The maximum Gasteiger partial charge on any atom is 0.195 e. The maximum absolute atomic E-state index is 6.37. The third-order valence-electron chi connectivity index (χ3n) is 5.77. The van der Waals surface area contributed by atoms with E-state index in [1.54, 1.807) is 0 Å². The smallest absolute Gasteiger partial charge is 0.195 e. The van der Waals surface area contributed by atoms with Gasteiger partial charge in [0, 0.05) is 43.7 Å². The van der Waals surface area contributed by atoms with E-state index in [2.05, 4.69) is 67.5 Å². The van der Waals surface area contributed by atoms with Gasteiger partial charge in [-0.1, -0.05) is 23.2 Å². The van der Waals surface area contributed by atoms with Crippen LogP contribution < -0.4 is 57.1 Å². The van der Waals surface area contributed by atoms with E-state index in [0.717, 1.165) is 53.7 Å².